The van der Waals surface area contributed by atoms with Gasteiger partial charge in [0.15, 0.2) is 17.5 Å². The van der Waals surface area contributed by atoms with Gasteiger partial charge in [0.2, 0.25) is 0 Å². The number of hydrogen-bond donors (Lipinski definition) is 0. The number of hydrogen-bond acceptors (Lipinski definition) is 3. The van der Waals surface area contributed by atoms with Crippen LogP contribution in [0.5, 0.6) is 0 Å². The Labute approximate surface area is 382 Å². The van der Waals surface area contributed by atoms with Gasteiger partial charge in [-0.05, 0) is 133 Å². The van der Waals surface area contributed by atoms with Gasteiger partial charge in [0.25, 0.3) is 0 Å². The van der Waals surface area contributed by atoms with E-state index in [1.807, 2.05) is 0 Å². The van der Waals surface area contributed by atoms with E-state index in [1.165, 1.54) is 97.8 Å². The maximum absolute atomic E-state index is 5.61. The smallest absolute Gasteiger partial charge is 0.164 e. The molecule has 4 unspecified atom stereocenters. The van der Waals surface area contributed by atoms with Crippen LogP contribution in [0.15, 0.2) is 176 Å². The lowest BCUT2D eigenvalue weighted by atomic mass is 9.52. The van der Waals surface area contributed by atoms with Crippen molar-refractivity contribution in [2.24, 2.45) is 17.8 Å². The van der Waals surface area contributed by atoms with E-state index in [2.05, 4.69) is 197 Å². The van der Waals surface area contributed by atoms with Gasteiger partial charge in [0, 0.05) is 27.5 Å². The number of fused-ring (bicyclic) bond motifs is 12. The van der Waals surface area contributed by atoms with Gasteiger partial charge in [-0.15, -0.1) is 0 Å². The Morgan fingerprint density at radius 1 is 0.400 bits per heavy atom. The summed E-state index contributed by atoms with van der Waals surface area (Å²) < 4.78 is 0. The quantitative estimate of drug-likeness (QED) is 0.173. The first-order valence-electron chi connectivity index (χ1n) is 23.8. The number of aromatic nitrogens is 3. The van der Waals surface area contributed by atoms with Gasteiger partial charge in [0.05, 0.1) is 0 Å². The van der Waals surface area contributed by atoms with Gasteiger partial charge in [-0.3, -0.25) is 0 Å². The van der Waals surface area contributed by atoms with E-state index in [0.717, 1.165) is 40.2 Å². The molecule has 1 aromatic heterocycles. The Kier molecular flexibility index (Phi) is 8.60. The highest BCUT2D eigenvalue weighted by atomic mass is 15.0. The van der Waals surface area contributed by atoms with Crippen LogP contribution >= 0.6 is 0 Å². The molecule has 0 radical (unpaired) electrons. The molecule has 4 atom stereocenters. The molecule has 1 spiro atoms. The maximum atomic E-state index is 5.61. The molecule has 0 saturated heterocycles. The van der Waals surface area contributed by atoms with Gasteiger partial charge in [0.1, 0.15) is 0 Å². The molecule has 2 saturated carbocycles. The van der Waals surface area contributed by atoms with Crippen LogP contribution in [0.2, 0.25) is 0 Å². The van der Waals surface area contributed by atoms with Gasteiger partial charge < -0.3 is 0 Å². The number of rotatable bonds is 5. The number of nitrogens with zero attached hydrogens (tertiary/aromatic N) is 3. The molecule has 3 heteroatoms. The van der Waals surface area contributed by atoms with Gasteiger partial charge in [-0.1, -0.05) is 191 Å². The Bertz CT molecular complexity index is 3360. The maximum Gasteiger partial charge on any atom is 0.164 e. The first kappa shape index (κ1) is 38.5. The zero-order valence-electron chi connectivity index (χ0n) is 37.4. The van der Waals surface area contributed by atoms with Gasteiger partial charge >= 0.3 is 0 Å². The summed E-state index contributed by atoms with van der Waals surface area (Å²) >= 11 is 0. The van der Waals surface area contributed by atoms with Gasteiger partial charge in [-0.25, -0.2) is 15.0 Å². The Hall–Kier alpha value is -6.97. The third kappa shape index (κ3) is 5.70. The SMILES string of the molecule is CC1CC2CCC3(c4c(-c5nc(-c6ccccc6)nc(-c6ccc(-c7ccccc7)c7ccccc67)n5)cccc4-c4cccc(-c5cccc6c5C(C)(C)c5ccccc5-6)c43)C(C1)C2. The van der Waals surface area contributed by atoms with Crippen molar-refractivity contribution < 1.29 is 0 Å². The van der Waals surface area contributed by atoms with Crippen molar-refractivity contribution in [3.8, 4) is 78.7 Å². The lowest BCUT2D eigenvalue weighted by Crippen LogP contribution is -2.44. The Morgan fingerprint density at radius 2 is 0.892 bits per heavy atom. The van der Waals surface area contributed by atoms with Crippen molar-refractivity contribution in [1.29, 1.82) is 0 Å². The fraction of sp³-hybridized carbons (Fsp3) is 0.210. The highest BCUT2D eigenvalue weighted by molar-refractivity contribution is 6.04. The number of benzene rings is 8. The third-order valence-electron chi connectivity index (χ3n) is 16.0. The van der Waals surface area contributed by atoms with Gasteiger partial charge in [-0.2, -0.15) is 0 Å². The van der Waals surface area contributed by atoms with E-state index in [-0.39, 0.29) is 10.8 Å². The highest BCUT2D eigenvalue weighted by Gasteiger charge is 2.55. The fourth-order valence-electron chi connectivity index (χ4n) is 13.5. The summed E-state index contributed by atoms with van der Waals surface area (Å²) in [7, 11) is 0. The first-order chi connectivity index (χ1) is 31.9. The Morgan fingerprint density at radius 3 is 1.58 bits per heavy atom. The molecule has 314 valence electrons. The summed E-state index contributed by atoms with van der Waals surface area (Å²) in [6.07, 6.45) is 6.16. The van der Waals surface area contributed by atoms with E-state index < -0.39 is 0 Å². The molecule has 9 aromatic rings. The molecule has 2 bridgehead atoms. The molecule has 4 aliphatic carbocycles. The fourth-order valence-corrected chi connectivity index (χ4v) is 13.5. The second-order valence-electron chi connectivity index (χ2n) is 20.0. The Balaban J connectivity index is 1.06. The van der Waals surface area contributed by atoms with E-state index >= 15 is 0 Å². The lowest BCUT2D eigenvalue weighted by Gasteiger charge is -2.51. The topological polar surface area (TPSA) is 38.7 Å². The molecular formula is C62H51N3. The second-order valence-corrected chi connectivity index (χ2v) is 20.0. The zero-order chi connectivity index (χ0) is 43.4. The van der Waals surface area contributed by atoms with E-state index in [0.29, 0.717) is 23.5 Å². The van der Waals surface area contributed by atoms with Crippen molar-refractivity contribution in [3.05, 3.63) is 198 Å². The molecule has 2 fully saturated rings. The minimum absolute atomic E-state index is 0.134. The average Bonchev–Trinajstić information content (AvgIpc) is 3.78. The normalized spacial score (nSPS) is 20.9. The van der Waals surface area contributed by atoms with Crippen LogP contribution in [0.3, 0.4) is 0 Å². The van der Waals surface area contributed by atoms with Crippen molar-refractivity contribution in [1.82, 2.24) is 15.0 Å². The molecule has 0 N–H and O–H groups in total. The van der Waals surface area contributed by atoms with Crippen molar-refractivity contribution in [2.45, 2.75) is 63.7 Å². The average molecular weight is 838 g/mol. The molecule has 3 nitrogen and oxygen atoms in total. The predicted molar refractivity (Wildman–Crippen MR) is 268 cm³/mol. The van der Waals surface area contributed by atoms with E-state index in [1.54, 1.807) is 0 Å². The van der Waals surface area contributed by atoms with Crippen LogP contribution in [0.1, 0.15) is 75.1 Å². The summed E-state index contributed by atoms with van der Waals surface area (Å²) in [5, 5.41) is 2.32. The largest absolute Gasteiger partial charge is 0.208 e. The van der Waals surface area contributed by atoms with Crippen LogP contribution in [0, 0.1) is 17.8 Å². The van der Waals surface area contributed by atoms with Crippen LogP contribution in [-0.4, -0.2) is 15.0 Å². The second kappa shape index (κ2) is 14.5. The van der Waals surface area contributed by atoms with Crippen LogP contribution in [0.4, 0.5) is 0 Å². The molecule has 0 aliphatic heterocycles. The minimum atomic E-state index is -0.203. The third-order valence-corrected chi connectivity index (χ3v) is 16.0. The minimum Gasteiger partial charge on any atom is -0.208 e. The van der Waals surface area contributed by atoms with Crippen molar-refractivity contribution in [3.63, 3.8) is 0 Å². The molecular weight excluding hydrogens is 787 g/mol. The summed E-state index contributed by atoms with van der Waals surface area (Å²) in [6, 6.07) is 64.7. The van der Waals surface area contributed by atoms with E-state index in [9.17, 15) is 0 Å². The van der Waals surface area contributed by atoms with Crippen molar-refractivity contribution >= 4 is 10.8 Å². The molecule has 1 heterocycles. The van der Waals surface area contributed by atoms with Crippen molar-refractivity contribution in [2.75, 3.05) is 0 Å². The standard InChI is InChI=1S/C62H51N3/c1-38-35-39-33-34-62(42(36-38)37-39)56-49(48-25-14-24-47-46-23-12-13-30-54(46)61(2,3)55(47)48)26-15-27-50(56)51-28-16-29-53(57(51)62)60-64-58(41-19-8-5-9-20-41)63-59(65-60)52-32-31-43(40-17-6-4-7-18-40)44-21-10-11-22-45(44)52/h4-32,38-39,42H,33-37H2,1-3H3. The summed E-state index contributed by atoms with van der Waals surface area (Å²) in [5.41, 5.74) is 19.2. The first-order valence-corrected chi connectivity index (χ1v) is 23.8. The lowest BCUT2D eigenvalue weighted by molar-refractivity contribution is 0.0860. The summed E-state index contributed by atoms with van der Waals surface area (Å²) in [6.45, 7) is 7.37. The van der Waals surface area contributed by atoms with Crippen LogP contribution in [-0.2, 0) is 10.8 Å². The molecule has 13 rings (SSSR count). The van der Waals surface area contributed by atoms with Crippen LogP contribution < -0.4 is 0 Å². The highest BCUT2D eigenvalue weighted by Crippen LogP contribution is 2.66. The summed E-state index contributed by atoms with van der Waals surface area (Å²) in [5.74, 6) is 4.08. The summed E-state index contributed by atoms with van der Waals surface area (Å²) in [4.78, 5) is 16.5. The molecule has 8 aromatic carbocycles. The zero-order valence-corrected chi connectivity index (χ0v) is 37.4. The monoisotopic (exact) mass is 837 g/mol. The molecule has 4 aliphatic rings. The predicted octanol–water partition coefficient (Wildman–Crippen LogP) is 15.8. The molecule has 0 amide bonds. The molecule has 65 heavy (non-hydrogen) atoms. The van der Waals surface area contributed by atoms with Crippen LogP contribution in [0.25, 0.3) is 89.4 Å². The van der Waals surface area contributed by atoms with E-state index in [4.69, 9.17) is 15.0 Å².